The van der Waals surface area contributed by atoms with E-state index in [0.717, 1.165) is 21.4 Å². The van der Waals surface area contributed by atoms with Crippen LogP contribution in [0, 0.1) is 0 Å². The van der Waals surface area contributed by atoms with Crippen LogP contribution >= 0.6 is 11.6 Å². The zero-order chi connectivity index (χ0) is 17.3. The van der Waals surface area contributed by atoms with Crippen LogP contribution in [0.3, 0.4) is 0 Å². The molecule has 3 aromatic rings. The maximum absolute atomic E-state index is 12.7. The van der Waals surface area contributed by atoms with Crippen molar-refractivity contribution in [2.24, 2.45) is 0 Å². The fourth-order valence-corrected chi connectivity index (χ4v) is 2.77. The molecular formula is C17H13ClN2O4. The molecule has 0 saturated heterocycles. The number of aromatic nitrogens is 2. The van der Waals surface area contributed by atoms with Crippen LogP contribution in [0.15, 0.2) is 58.1 Å². The SMILES string of the molecule is COC(=O)Cn1c(=O)cc(Cl)n(-c2cccc3ccccc23)c1=O. The van der Waals surface area contributed by atoms with Crippen molar-refractivity contribution in [2.45, 2.75) is 6.54 Å². The Morgan fingerprint density at radius 1 is 1.12 bits per heavy atom. The van der Waals surface area contributed by atoms with Crippen LogP contribution < -0.4 is 11.2 Å². The molecule has 0 fully saturated rings. The lowest BCUT2D eigenvalue weighted by molar-refractivity contribution is -0.141. The van der Waals surface area contributed by atoms with Crippen LogP contribution in [-0.4, -0.2) is 22.2 Å². The highest BCUT2D eigenvalue weighted by molar-refractivity contribution is 6.29. The summed E-state index contributed by atoms with van der Waals surface area (Å²) >= 11 is 6.15. The smallest absolute Gasteiger partial charge is 0.337 e. The van der Waals surface area contributed by atoms with Crippen molar-refractivity contribution in [1.29, 1.82) is 0 Å². The van der Waals surface area contributed by atoms with Crippen molar-refractivity contribution in [2.75, 3.05) is 7.11 Å². The van der Waals surface area contributed by atoms with Crippen molar-refractivity contribution in [3.05, 3.63) is 74.5 Å². The summed E-state index contributed by atoms with van der Waals surface area (Å²) in [6.45, 7) is -0.476. The van der Waals surface area contributed by atoms with Gasteiger partial charge in [-0.2, -0.15) is 0 Å². The highest BCUT2D eigenvalue weighted by Crippen LogP contribution is 2.23. The van der Waals surface area contributed by atoms with E-state index in [1.54, 1.807) is 12.1 Å². The van der Waals surface area contributed by atoms with Gasteiger partial charge in [0, 0.05) is 11.5 Å². The lowest BCUT2D eigenvalue weighted by Gasteiger charge is -2.13. The lowest BCUT2D eigenvalue weighted by Crippen LogP contribution is -2.41. The normalized spacial score (nSPS) is 10.8. The second-order valence-electron chi connectivity index (χ2n) is 5.08. The van der Waals surface area contributed by atoms with Gasteiger partial charge in [0.15, 0.2) is 0 Å². The Kier molecular flexibility index (Phi) is 4.22. The number of ether oxygens (including phenoxy) is 1. The van der Waals surface area contributed by atoms with Gasteiger partial charge in [0.2, 0.25) is 0 Å². The third-order valence-electron chi connectivity index (χ3n) is 3.67. The zero-order valence-corrected chi connectivity index (χ0v) is 13.5. The summed E-state index contributed by atoms with van der Waals surface area (Å²) in [5.41, 5.74) is -0.831. The maximum Gasteiger partial charge on any atom is 0.337 e. The van der Waals surface area contributed by atoms with Gasteiger partial charge < -0.3 is 4.74 Å². The van der Waals surface area contributed by atoms with Crippen molar-refractivity contribution in [1.82, 2.24) is 9.13 Å². The van der Waals surface area contributed by atoms with Crippen molar-refractivity contribution >= 4 is 28.3 Å². The predicted octanol–water partition coefficient (Wildman–Crippen LogP) is 1.98. The van der Waals surface area contributed by atoms with Gasteiger partial charge in [-0.05, 0) is 11.5 Å². The molecule has 0 N–H and O–H groups in total. The quantitative estimate of drug-likeness (QED) is 0.538. The fraction of sp³-hybridized carbons (Fsp3) is 0.118. The van der Waals surface area contributed by atoms with Gasteiger partial charge in [-0.15, -0.1) is 0 Å². The molecule has 0 aliphatic heterocycles. The topological polar surface area (TPSA) is 70.3 Å². The van der Waals surface area contributed by atoms with Gasteiger partial charge in [0.1, 0.15) is 11.7 Å². The molecule has 2 aromatic carbocycles. The first-order valence-corrected chi connectivity index (χ1v) is 7.48. The number of hydrogen-bond donors (Lipinski definition) is 0. The van der Waals surface area contributed by atoms with Crippen LogP contribution in [0.25, 0.3) is 16.5 Å². The molecule has 6 nitrogen and oxygen atoms in total. The Balaban J connectivity index is 2.32. The third-order valence-corrected chi connectivity index (χ3v) is 3.94. The standard InChI is InChI=1S/C17H13ClN2O4/c1-24-16(22)10-19-15(21)9-14(18)20(17(19)23)13-8-4-6-11-5-2-3-7-12(11)13/h2-9H,10H2,1H3. The third kappa shape index (κ3) is 2.72. The predicted molar refractivity (Wildman–Crippen MR) is 90.8 cm³/mol. The van der Waals surface area contributed by atoms with Crippen LogP contribution in [0.1, 0.15) is 0 Å². The molecule has 0 radical (unpaired) electrons. The van der Waals surface area contributed by atoms with Crippen LogP contribution in [0.5, 0.6) is 0 Å². The summed E-state index contributed by atoms with van der Waals surface area (Å²) in [5, 5.41) is 1.69. The minimum Gasteiger partial charge on any atom is -0.468 e. The molecule has 24 heavy (non-hydrogen) atoms. The van der Waals surface area contributed by atoms with Gasteiger partial charge >= 0.3 is 11.7 Å². The van der Waals surface area contributed by atoms with E-state index in [1.165, 1.54) is 11.7 Å². The van der Waals surface area contributed by atoms with E-state index in [0.29, 0.717) is 5.69 Å². The van der Waals surface area contributed by atoms with Crippen molar-refractivity contribution < 1.29 is 9.53 Å². The number of carbonyl (C=O) groups excluding carboxylic acids is 1. The molecule has 7 heteroatoms. The van der Waals surface area contributed by atoms with Crippen molar-refractivity contribution in [3.8, 4) is 5.69 Å². The Labute approximate surface area is 141 Å². The molecule has 0 amide bonds. The van der Waals surface area contributed by atoms with Crippen molar-refractivity contribution in [3.63, 3.8) is 0 Å². The lowest BCUT2D eigenvalue weighted by atomic mass is 10.1. The number of esters is 1. The number of rotatable bonds is 3. The highest BCUT2D eigenvalue weighted by Gasteiger charge is 2.16. The van der Waals surface area contributed by atoms with Crippen LogP contribution in [-0.2, 0) is 16.1 Å². The number of nitrogens with zero attached hydrogens (tertiary/aromatic N) is 2. The number of fused-ring (bicyclic) bond motifs is 1. The molecule has 0 saturated carbocycles. The summed E-state index contributed by atoms with van der Waals surface area (Å²) in [7, 11) is 1.19. The van der Waals surface area contributed by atoms with Gasteiger partial charge in [0.25, 0.3) is 5.56 Å². The second-order valence-corrected chi connectivity index (χ2v) is 5.47. The maximum atomic E-state index is 12.7. The second kappa shape index (κ2) is 6.33. The Hall–Kier alpha value is -2.86. The van der Waals surface area contributed by atoms with E-state index < -0.39 is 23.8 Å². The molecule has 0 aliphatic rings. The Morgan fingerprint density at radius 3 is 2.58 bits per heavy atom. The molecule has 0 unspecified atom stereocenters. The summed E-state index contributed by atoms with van der Waals surface area (Å²) in [4.78, 5) is 36.2. The largest absolute Gasteiger partial charge is 0.468 e. The average molecular weight is 345 g/mol. The van der Waals surface area contributed by atoms with Crippen LogP contribution in [0.4, 0.5) is 0 Å². The number of halogens is 1. The van der Waals surface area contributed by atoms with E-state index in [4.69, 9.17) is 11.6 Å². The molecule has 122 valence electrons. The molecule has 0 aliphatic carbocycles. The molecule has 0 spiro atoms. The zero-order valence-electron chi connectivity index (χ0n) is 12.7. The summed E-state index contributed by atoms with van der Waals surface area (Å²) in [5.74, 6) is -0.694. The van der Waals surface area contributed by atoms with Gasteiger partial charge in [-0.25, -0.2) is 9.36 Å². The molecule has 0 bridgehead atoms. The van der Waals surface area contributed by atoms with Gasteiger partial charge in [-0.1, -0.05) is 48.0 Å². The van der Waals surface area contributed by atoms with E-state index >= 15 is 0 Å². The fourth-order valence-electron chi connectivity index (χ4n) is 2.51. The van der Waals surface area contributed by atoms with Gasteiger partial charge in [-0.3, -0.25) is 14.2 Å². The van der Waals surface area contributed by atoms with E-state index in [1.807, 2.05) is 30.3 Å². The first-order valence-electron chi connectivity index (χ1n) is 7.10. The molecular weight excluding hydrogens is 332 g/mol. The number of benzene rings is 2. The Morgan fingerprint density at radius 2 is 1.83 bits per heavy atom. The van der Waals surface area contributed by atoms with Crippen LogP contribution in [0.2, 0.25) is 5.15 Å². The summed E-state index contributed by atoms with van der Waals surface area (Å²) < 4.78 is 6.52. The van der Waals surface area contributed by atoms with E-state index in [-0.39, 0.29) is 5.15 Å². The molecule has 1 aromatic heterocycles. The summed E-state index contributed by atoms with van der Waals surface area (Å²) in [6, 6.07) is 14.0. The highest BCUT2D eigenvalue weighted by atomic mass is 35.5. The minimum absolute atomic E-state index is 0.0255. The summed E-state index contributed by atoms with van der Waals surface area (Å²) in [6.07, 6.45) is 0. The monoisotopic (exact) mass is 344 g/mol. The Bertz CT molecular complexity index is 1050. The molecule has 0 atom stereocenters. The van der Waals surface area contributed by atoms with E-state index in [9.17, 15) is 14.4 Å². The van der Waals surface area contributed by atoms with E-state index in [2.05, 4.69) is 4.74 Å². The number of carbonyl (C=O) groups is 1. The number of hydrogen-bond acceptors (Lipinski definition) is 4. The first kappa shape index (κ1) is 16.0. The first-order chi connectivity index (χ1) is 11.5. The molecule has 3 rings (SSSR count). The average Bonchev–Trinajstić information content (AvgIpc) is 2.58. The minimum atomic E-state index is -0.700. The molecule has 1 heterocycles. The van der Waals surface area contributed by atoms with Gasteiger partial charge in [0.05, 0.1) is 12.8 Å². The number of methoxy groups -OCH3 is 1.